The zero-order valence-corrected chi connectivity index (χ0v) is 18.7. The number of nitrogens with one attached hydrogen (secondary N) is 3. The number of carbonyl (C=O) groups excluding carboxylic acids is 2. The smallest absolute Gasteiger partial charge is 0.276 e. The first-order valence-corrected chi connectivity index (χ1v) is 11.4. The number of likely N-dealkylation sites (tertiary alicyclic amines) is 1. The number of pyridine rings is 1. The number of nitrogens with zero attached hydrogens (tertiary/aromatic N) is 5. The van der Waals surface area contributed by atoms with Crippen molar-refractivity contribution in [2.45, 2.75) is 38.0 Å². The topological polar surface area (TPSA) is 117 Å². The summed E-state index contributed by atoms with van der Waals surface area (Å²) in [5.41, 5.74) is 3.27. The highest BCUT2D eigenvalue weighted by Crippen LogP contribution is 2.39. The highest BCUT2D eigenvalue weighted by Gasteiger charge is 2.29. The second-order valence-corrected chi connectivity index (χ2v) is 8.71. The molecule has 2 amide bonds. The van der Waals surface area contributed by atoms with Gasteiger partial charge in [0.25, 0.3) is 11.8 Å². The lowest BCUT2D eigenvalue weighted by Crippen LogP contribution is -2.36. The lowest BCUT2D eigenvalue weighted by atomic mass is 10.1. The Balaban J connectivity index is 1.41. The average Bonchev–Trinajstić information content (AvgIpc) is 3.63. The summed E-state index contributed by atoms with van der Waals surface area (Å²) in [5, 5.41) is 13.4. The normalized spacial score (nSPS) is 17.8. The van der Waals surface area contributed by atoms with Crippen LogP contribution in [-0.4, -0.2) is 57.5 Å². The Morgan fingerprint density at radius 1 is 1.09 bits per heavy atom. The van der Waals surface area contributed by atoms with E-state index in [1.54, 1.807) is 30.5 Å². The minimum absolute atomic E-state index is 0.153. The molecule has 0 spiro atoms. The minimum Gasteiger partial charge on any atom is -0.354 e. The Labute approximate surface area is 192 Å². The molecule has 2 aromatic heterocycles. The Bertz CT molecular complexity index is 1130. The Morgan fingerprint density at radius 3 is 2.64 bits per heavy atom. The summed E-state index contributed by atoms with van der Waals surface area (Å²) in [4.78, 5) is 37.2. The molecule has 3 N–H and O–H groups in total. The van der Waals surface area contributed by atoms with E-state index in [-0.39, 0.29) is 23.2 Å². The number of aryl methyl sites for hydroxylation is 1. The summed E-state index contributed by atoms with van der Waals surface area (Å²) in [5.74, 6) is -0.131. The van der Waals surface area contributed by atoms with Crippen LogP contribution in [0.1, 0.15) is 64.7 Å². The van der Waals surface area contributed by atoms with Crippen molar-refractivity contribution in [3.63, 3.8) is 0 Å². The van der Waals surface area contributed by atoms with Gasteiger partial charge in [-0.25, -0.2) is 4.98 Å². The maximum Gasteiger partial charge on any atom is 0.276 e. The van der Waals surface area contributed by atoms with Crippen LogP contribution in [0.15, 0.2) is 35.2 Å². The molecule has 10 heteroatoms. The fourth-order valence-corrected chi connectivity index (χ4v) is 4.15. The SMILES string of the molecule is Cn1cc(NC(=O)c2nc(C3CC3)ccc2NC2=CNC=NC2)c(C(=O)N2CCCCC2)n1. The molecule has 1 aliphatic carbocycles. The van der Waals surface area contributed by atoms with Crippen molar-refractivity contribution in [2.24, 2.45) is 12.0 Å². The summed E-state index contributed by atoms with van der Waals surface area (Å²) in [7, 11) is 1.74. The number of hydrogen-bond acceptors (Lipinski definition) is 7. The summed E-state index contributed by atoms with van der Waals surface area (Å²) < 4.78 is 1.55. The summed E-state index contributed by atoms with van der Waals surface area (Å²) in [6.07, 6.45) is 10.4. The Kier molecular flexibility index (Phi) is 5.80. The lowest BCUT2D eigenvalue weighted by Gasteiger charge is -2.26. The lowest BCUT2D eigenvalue weighted by molar-refractivity contribution is 0.0718. The molecule has 0 atom stereocenters. The van der Waals surface area contributed by atoms with Crippen LogP contribution >= 0.6 is 0 Å². The fourth-order valence-electron chi connectivity index (χ4n) is 4.15. The van der Waals surface area contributed by atoms with Gasteiger partial charge in [-0.1, -0.05) is 0 Å². The van der Waals surface area contributed by atoms with E-state index >= 15 is 0 Å². The van der Waals surface area contributed by atoms with Gasteiger partial charge in [-0.3, -0.25) is 19.3 Å². The van der Waals surface area contributed by atoms with E-state index in [4.69, 9.17) is 0 Å². The van der Waals surface area contributed by atoms with Crippen molar-refractivity contribution < 1.29 is 9.59 Å². The van der Waals surface area contributed by atoms with Crippen molar-refractivity contribution in [3.05, 3.63) is 47.3 Å². The predicted octanol–water partition coefficient (Wildman–Crippen LogP) is 2.46. The van der Waals surface area contributed by atoms with E-state index in [0.717, 1.165) is 43.5 Å². The third-order valence-corrected chi connectivity index (χ3v) is 6.03. The van der Waals surface area contributed by atoms with Gasteiger partial charge in [0, 0.05) is 44.1 Å². The molecule has 2 aliphatic heterocycles. The van der Waals surface area contributed by atoms with Gasteiger partial charge in [-0.15, -0.1) is 0 Å². The van der Waals surface area contributed by atoms with Crippen LogP contribution in [0.3, 0.4) is 0 Å². The van der Waals surface area contributed by atoms with E-state index < -0.39 is 0 Å². The van der Waals surface area contributed by atoms with Gasteiger partial charge in [-0.2, -0.15) is 5.10 Å². The molecule has 4 heterocycles. The number of aromatic nitrogens is 3. The van der Waals surface area contributed by atoms with Crippen molar-refractivity contribution >= 4 is 29.5 Å². The number of amides is 2. The third-order valence-electron chi connectivity index (χ3n) is 6.03. The van der Waals surface area contributed by atoms with Crippen molar-refractivity contribution in [2.75, 3.05) is 30.3 Å². The quantitative estimate of drug-likeness (QED) is 0.625. The molecule has 5 rings (SSSR count). The molecule has 0 radical (unpaired) electrons. The van der Waals surface area contributed by atoms with Gasteiger partial charge in [-0.05, 0) is 44.2 Å². The summed E-state index contributed by atoms with van der Waals surface area (Å²) >= 11 is 0. The molecular weight excluding hydrogens is 420 g/mol. The molecule has 0 unspecified atom stereocenters. The second-order valence-electron chi connectivity index (χ2n) is 8.71. The maximum atomic E-state index is 13.4. The monoisotopic (exact) mass is 448 g/mol. The van der Waals surface area contributed by atoms with Crippen LogP contribution in [-0.2, 0) is 7.05 Å². The number of carbonyl (C=O) groups is 2. The Hall–Kier alpha value is -3.69. The van der Waals surface area contributed by atoms with E-state index in [2.05, 4.69) is 31.0 Å². The van der Waals surface area contributed by atoms with Gasteiger partial charge in [0.1, 0.15) is 0 Å². The zero-order chi connectivity index (χ0) is 22.8. The van der Waals surface area contributed by atoms with Crippen molar-refractivity contribution in [1.29, 1.82) is 0 Å². The molecule has 172 valence electrons. The molecule has 3 aliphatic rings. The van der Waals surface area contributed by atoms with E-state index in [0.29, 0.717) is 36.9 Å². The van der Waals surface area contributed by atoms with Gasteiger partial charge in [0.05, 0.1) is 30.0 Å². The number of piperidine rings is 1. The maximum absolute atomic E-state index is 13.4. The number of aliphatic imine (C=N–C) groups is 1. The molecule has 0 bridgehead atoms. The minimum atomic E-state index is -0.381. The number of rotatable bonds is 6. The zero-order valence-electron chi connectivity index (χ0n) is 18.7. The second kappa shape index (κ2) is 9.05. The van der Waals surface area contributed by atoms with Crippen LogP contribution < -0.4 is 16.0 Å². The van der Waals surface area contributed by atoms with Crippen LogP contribution in [0, 0.1) is 0 Å². The number of hydrogen-bond donors (Lipinski definition) is 3. The van der Waals surface area contributed by atoms with Gasteiger partial charge >= 0.3 is 0 Å². The van der Waals surface area contributed by atoms with Gasteiger partial charge in [0.2, 0.25) is 0 Å². The number of anilines is 2. The summed E-state index contributed by atoms with van der Waals surface area (Å²) in [6, 6.07) is 3.85. The molecule has 2 aromatic rings. The largest absolute Gasteiger partial charge is 0.354 e. The first-order chi connectivity index (χ1) is 16.1. The van der Waals surface area contributed by atoms with Crippen LogP contribution in [0.2, 0.25) is 0 Å². The first kappa shape index (κ1) is 21.2. The van der Waals surface area contributed by atoms with Gasteiger partial charge < -0.3 is 20.9 Å². The Morgan fingerprint density at radius 2 is 1.91 bits per heavy atom. The van der Waals surface area contributed by atoms with E-state index in [9.17, 15) is 9.59 Å². The molecule has 2 fully saturated rings. The van der Waals surface area contributed by atoms with Crippen LogP contribution in [0.25, 0.3) is 0 Å². The first-order valence-electron chi connectivity index (χ1n) is 11.4. The molecular formula is C23H28N8O2. The third kappa shape index (κ3) is 4.74. The van der Waals surface area contributed by atoms with Gasteiger partial charge in [0.15, 0.2) is 11.4 Å². The molecule has 1 saturated heterocycles. The highest BCUT2D eigenvalue weighted by atomic mass is 16.2. The highest BCUT2D eigenvalue weighted by molar-refractivity contribution is 6.09. The summed E-state index contributed by atoms with van der Waals surface area (Å²) in [6.45, 7) is 1.91. The molecule has 10 nitrogen and oxygen atoms in total. The fraction of sp³-hybridized carbons (Fsp3) is 0.435. The average molecular weight is 449 g/mol. The predicted molar refractivity (Wildman–Crippen MR) is 125 cm³/mol. The van der Waals surface area contributed by atoms with Crippen LogP contribution in [0.4, 0.5) is 11.4 Å². The standard InChI is InChI=1S/C23H28N8O2/c1-30-13-19(21(29-30)23(33)31-9-3-2-4-10-31)28-22(32)20-18(26-16-11-24-14-25-12-16)8-7-17(27-20)15-5-6-15/h7-8,11,13-15,26H,2-6,9-10,12H2,1H3,(H,24,25)(H,28,32). The molecule has 1 saturated carbocycles. The van der Waals surface area contributed by atoms with Crippen molar-refractivity contribution in [3.8, 4) is 0 Å². The van der Waals surface area contributed by atoms with E-state index in [1.807, 2.05) is 17.0 Å². The molecule has 33 heavy (non-hydrogen) atoms. The van der Waals surface area contributed by atoms with Crippen LogP contribution in [0.5, 0.6) is 0 Å². The molecule has 0 aromatic carbocycles. The van der Waals surface area contributed by atoms with E-state index in [1.165, 1.54) is 0 Å². The van der Waals surface area contributed by atoms with Crippen molar-refractivity contribution in [1.82, 2.24) is 25.0 Å².